The van der Waals surface area contributed by atoms with E-state index in [4.69, 9.17) is 16.3 Å². The van der Waals surface area contributed by atoms with Crippen molar-refractivity contribution in [3.8, 4) is 5.75 Å². The van der Waals surface area contributed by atoms with Gasteiger partial charge in [0.15, 0.2) is 0 Å². The minimum absolute atomic E-state index is 0.271. The van der Waals surface area contributed by atoms with E-state index in [-0.39, 0.29) is 6.61 Å². The lowest BCUT2D eigenvalue weighted by molar-refractivity contribution is 0.0632. The first-order chi connectivity index (χ1) is 11.9. The molecule has 0 spiro atoms. The van der Waals surface area contributed by atoms with Gasteiger partial charge in [0.2, 0.25) is 0 Å². The lowest BCUT2D eigenvalue weighted by Crippen LogP contribution is -2.36. The van der Waals surface area contributed by atoms with Crippen LogP contribution < -0.4 is 4.74 Å². The quantitative estimate of drug-likeness (QED) is 0.693. The number of rotatable bonds is 10. The molecular weight excluding hydrogens is 336 g/mol. The SMILES string of the molecule is CC(C)CCN(Cc1cccn1C)CC(O)COc1ccc(Cl)cc1. The van der Waals surface area contributed by atoms with Crippen molar-refractivity contribution in [2.24, 2.45) is 13.0 Å². The van der Waals surface area contributed by atoms with Gasteiger partial charge in [-0.2, -0.15) is 0 Å². The first-order valence-corrected chi connectivity index (χ1v) is 9.21. The lowest BCUT2D eigenvalue weighted by Gasteiger charge is -2.26. The number of hydrogen-bond acceptors (Lipinski definition) is 3. The molecule has 4 nitrogen and oxygen atoms in total. The van der Waals surface area contributed by atoms with Crippen LogP contribution in [0.4, 0.5) is 0 Å². The van der Waals surface area contributed by atoms with Gasteiger partial charge in [-0.1, -0.05) is 25.4 Å². The molecule has 0 bridgehead atoms. The number of halogens is 1. The van der Waals surface area contributed by atoms with Gasteiger partial charge in [-0.05, 0) is 55.3 Å². The van der Waals surface area contributed by atoms with Gasteiger partial charge >= 0.3 is 0 Å². The molecule has 0 aliphatic rings. The number of ether oxygens (including phenoxy) is 1. The summed E-state index contributed by atoms with van der Waals surface area (Å²) in [5.41, 5.74) is 1.24. The first kappa shape index (κ1) is 19.8. The van der Waals surface area contributed by atoms with Gasteiger partial charge in [0.1, 0.15) is 18.5 Å². The molecule has 1 aromatic heterocycles. The third-order valence-corrected chi connectivity index (χ3v) is 4.44. The van der Waals surface area contributed by atoms with Gasteiger partial charge in [0.05, 0.1) is 0 Å². The average Bonchev–Trinajstić information content (AvgIpc) is 2.97. The van der Waals surface area contributed by atoms with Crippen molar-refractivity contribution in [1.82, 2.24) is 9.47 Å². The maximum absolute atomic E-state index is 10.4. The van der Waals surface area contributed by atoms with Gasteiger partial charge in [-0.25, -0.2) is 0 Å². The Morgan fingerprint density at radius 1 is 1.20 bits per heavy atom. The van der Waals surface area contributed by atoms with E-state index in [0.29, 0.717) is 17.5 Å². The zero-order valence-corrected chi connectivity index (χ0v) is 16.1. The summed E-state index contributed by atoms with van der Waals surface area (Å²) in [4.78, 5) is 2.30. The molecule has 2 aromatic rings. The third kappa shape index (κ3) is 7.10. The second-order valence-electron chi connectivity index (χ2n) is 6.95. The Kier molecular flexibility index (Phi) is 7.82. The van der Waals surface area contributed by atoms with Crippen LogP contribution >= 0.6 is 11.6 Å². The highest BCUT2D eigenvalue weighted by molar-refractivity contribution is 6.30. The fourth-order valence-corrected chi connectivity index (χ4v) is 2.77. The number of aliphatic hydroxyl groups is 1. The fraction of sp³-hybridized carbons (Fsp3) is 0.500. The average molecular weight is 365 g/mol. The Hall–Kier alpha value is -1.49. The number of hydrogen-bond donors (Lipinski definition) is 1. The van der Waals surface area contributed by atoms with Crippen molar-refractivity contribution < 1.29 is 9.84 Å². The molecule has 138 valence electrons. The van der Waals surface area contributed by atoms with Gasteiger partial charge in [0.25, 0.3) is 0 Å². The van der Waals surface area contributed by atoms with Crippen molar-refractivity contribution in [2.75, 3.05) is 19.7 Å². The van der Waals surface area contributed by atoms with E-state index in [0.717, 1.165) is 25.3 Å². The molecular formula is C20H29ClN2O2. The van der Waals surface area contributed by atoms with Gasteiger partial charge in [-0.15, -0.1) is 0 Å². The van der Waals surface area contributed by atoms with E-state index in [1.165, 1.54) is 5.69 Å². The molecule has 0 amide bonds. The Balaban J connectivity index is 1.87. The number of nitrogens with zero attached hydrogens (tertiary/aromatic N) is 2. The largest absolute Gasteiger partial charge is 0.491 e. The highest BCUT2D eigenvalue weighted by atomic mass is 35.5. The summed E-state index contributed by atoms with van der Waals surface area (Å²) in [6, 6.07) is 11.4. The summed E-state index contributed by atoms with van der Waals surface area (Å²) in [6.07, 6.45) is 2.62. The monoisotopic (exact) mass is 364 g/mol. The molecule has 5 heteroatoms. The number of aromatic nitrogens is 1. The second-order valence-corrected chi connectivity index (χ2v) is 7.38. The van der Waals surface area contributed by atoms with Crippen LogP contribution in [0.5, 0.6) is 5.75 Å². The molecule has 0 aliphatic heterocycles. The van der Waals surface area contributed by atoms with Crippen LogP contribution in [0.3, 0.4) is 0 Å². The molecule has 0 saturated carbocycles. The Morgan fingerprint density at radius 2 is 1.92 bits per heavy atom. The minimum Gasteiger partial charge on any atom is -0.491 e. The van der Waals surface area contributed by atoms with Crippen LogP contribution in [0.2, 0.25) is 5.02 Å². The Bertz CT molecular complexity index is 625. The zero-order valence-electron chi connectivity index (χ0n) is 15.4. The summed E-state index contributed by atoms with van der Waals surface area (Å²) in [6.45, 7) is 7.09. The topological polar surface area (TPSA) is 37.6 Å². The van der Waals surface area contributed by atoms with E-state index in [9.17, 15) is 5.11 Å². The van der Waals surface area contributed by atoms with E-state index < -0.39 is 6.10 Å². The van der Waals surface area contributed by atoms with Crippen molar-refractivity contribution in [3.05, 3.63) is 53.3 Å². The van der Waals surface area contributed by atoms with E-state index in [1.54, 1.807) is 12.1 Å². The van der Waals surface area contributed by atoms with Gasteiger partial charge in [-0.3, -0.25) is 4.90 Å². The van der Waals surface area contributed by atoms with Crippen molar-refractivity contribution >= 4 is 11.6 Å². The molecule has 1 unspecified atom stereocenters. The van der Waals surface area contributed by atoms with Crippen LogP contribution in [-0.4, -0.2) is 40.4 Å². The summed E-state index contributed by atoms with van der Waals surface area (Å²) < 4.78 is 7.79. The molecule has 0 saturated heterocycles. The van der Waals surface area contributed by atoms with Crippen LogP contribution in [0, 0.1) is 5.92 Å². The van der Waals surface area contributed by atoms with Crippen LogP contribution in [-0.2, 0) is 13.6 Å². The maximum atomic E-state index is 10.4. The Morgan fingerprint density at radius 3 is 2.52 bits per heavy atom. The lowest BCUT2D eigenvalue weighted by atomic mass is 10.1. The van der Waals surface area contributed by atoms with Gasteiger partial charge in [0, 0.05) is 37.1 Å². The van der Waals surface area contributed by atoms with Crippen LogP contribution in [0.25, 0.3) is 0 Å². The summed E-state index contributed by atoms with van der Waals surface area (Å²) in [5, 5.41) is 11.1. The van der Waals surface area contributed by atoms with E-state index in [2.05, 4.69) is 48.7 Å². The Labute approximate surface area is 156 Å². The highest BCUT2D eigenvalue weighted by Gasteiger charge is 2.15. The molecule has 0 fully saturated rings. The third-order valence-electron chi connectivity index (χ3n) is 4.18. The predicted octanol–water partition coefficient (Wildman–Crippen LogP) is 3.97. The smallest absolute Gasteiger partial charge is 0.119 e. The molecule has 1 aromatic carbocycles. The summed E-state index contributed by atoms with van der Waals surface area (Å²) in [5.74, 6) is 1.36. The maximum Gasteiger partial charge on any atom is 0.119 e. The molecule has 2 rings (SSSR count). The van der Waals surface area contributed by atoms with Gasteiger partial charge < -0.3 is 14.4 Å². The molecule has 0 radical (unpaired) electrons. The number of aryl methyl sites for hydroxylation is 1. The van der Waals surface area contributed by atoms with Crippen molar-refractivity contribution in [1.29, 1.82) is 0 Å². The highest BCUT2D eigenvalue weighted by Crippen LogP contribution is 2.16. The summed E-state index contributed by atoms with van der Waals surface area (Å²) >= 11 is 5.87. The van der Waals surface area contributed by atoms with E-state index in [1.807, 2.05) is 12.1 Å². The van der Waals surface area contributed by atoms with Crippen molar-refractivity contribution in [3.63, 3.8) is 0 Å². The number of aliphatic hydroxyl groups excluding tert-OH is 1. The normalized spacial score (nSPS) is 12.8. The van der Waals surface area contributed by atoms with Crippen molar-refractivity contribution in [2.45, 2.75) is 32.9 Å². The zero-order chi connectivity index (χ0) is 18.2. The molecule has 1 atom stereocenters. The molecule has 0 aliphatic carbocycles. The van der Waals surface area contributed by atoms with Crippen LogP contribution in [0.15, 0.2) is 42.6 Å². The second kappa shape index (κ2) is 9.85. The van der Waals surface area contributed by atoms with E-state index >= 15 is 0 Å². The summed E-state index contributed by atoms with van der Waals surface area (Å²) in [7, 11) is 2.05. The molecule has 1 heterocycles. The van der Waals surface area contributed by atoms with Crippen LogP contribution in [0.1, 0.15) is 26.0 Å². The fourth-order valence-electron chi connectivity index (χ4n) is 2.64. The molecule has 25 heavy (non-hydrogen) atoms. The minimum atomic E-state index is -0.539. The molecule has 1 N–H and O–H groups in total. The number of benzene rings is 1. The predicted molar refractivity (Wildman–Crippen MR) is 103 cm³/mol. The standard InChI is InChI=1S/C20H29ClN2O2/c1-16(2)10-12-23(13-18-5-4-11-22(18)3)14-19(24)15-25-20-8-6-17(21)7-9-20/h4-9,11,16,19,24H,10,12-15H2,1-3H3. The first-order valence-electron chi connectivity index (χ1n) is 8.83.